The smallest absolute Gasteiger partial charge is 0.223 e. The summed E-state index contributed by atoms with van der Waals surface area (Å²) < 4.78 is 0. The highest BCUT2D eigenvalue weighted by Crippen LogP contribution is 2.32. The minimum atomic E-state index is 0.193. The first kappa shape index (κ1) is 14.8. The zero-order chi connectivity index (χ0) is 13.7. The third-order valence-corrected chi connectivity index (χ3v) is 5.19. The summed E-state index contributed by atoms with van der Waals surface area (Å²) in [5.41, 5.74) is 5.77. The van der Waals surface area contributed by atoms with Gasteiger partial charge in [-0.1, -0.05) is 26.2 Å². The molecule has 3 nitrogen and oxygen atoms in total. The van der Waals surface area contributed by atoms with Gasteiger partial charge < -0.3 is 11.1 Å². The van der Waals surface area contributed by atoms with Crippen LogP contribution in [0.4, 0.5) is 0 Å². The first-order chi connectivity index (χ1) is 9.24. The second-order valence-electron chi connectivity index (χ2n) is 6.55. The van der Waals surface area contributed by atoms with E-state index in [1.165, 1.54) is 44.9 Å². The van der Waals surface area contributed by atoms with Gasteiger partial charge in [-0.05, 0) is 56.9 Å². The highest BCUT2D eigenvalue weighted by atomic mass is 16.2. The molecule has 1 amide bonds. The van der Waals surface area contributed by atoms with Crippen LogP contribution < -0.4 is 11.1 Å². The average molecular weight is 266 g/mol. The topological polar surface area (TPSA) is 55.1 Å². The van der Waals surface area contributed by atoms with Crippen molar-refractivity contribution in [1.29, 1.82) is 0 Å². The molecule has 0 heterocycles. The summed E-state index contributed by atoms with van der Waals surface area (Å²) in [6, 6.07) is 0.430. The van der Waals surface area contributed by atoms with Crippen molar-refractivity contribution in [2.75, 3.05) is 6.54 Å². The maximum atomic E-state index is 12.3. The molecule has 2 atom stereocenters. The minimum Gasteiger partial charge on any atom is -0.353 e. The van der Waals surface area contributed by atoms with Crippen molar-refractivity contribution in [3.63, 3.8) is 0 Å². The van der Waals surface area contributed by atoms with Crippen LogP contribution in [-0.4, -0.2) is 18.5 Å². The number of carbonyl (C=O) groups is 1. The summed E-state index contributed by atoms with van der Waals surface area (Å²) in [4.78, 5) is 12.3. The van der Waals surface area contributed by atoms with Crippen molar-refractivity contribution >= 4 is 5.91 Å². The van der Waals surface area contributed by atoms with Crippen molar-refractivity contribution < 1.29 is 4.79 Å². The molecule has 3 N–H and O–H groups in total. The summed E-state index contributed by atoms with van der Waals surface area (Å²) in [6.07, 6.45) is 10.9. The Morgan fingerprint density at radius 2 is 1.89 bits per heavy atom. The van der Waals surface area contributed by atoms with Crippen LogP contribution in [0.1, 0.15) is 64.7 Å². The monoisotopic (exact) mass is 266 g/mol. The molecule has 0 saturated heterocycles. The standard InChI is InChI=1S/C16H30N2O/c1-2-4-12-7-9-14(10-8-12)18-16(19)15-6-3-5-13(15)11-17/h12-15H,2-11,17H2,1H3,(H,18,19). The molecule has 0 radical (unpaired) electrons. The van der Waals surface area contributed by atoms with E-state index in [9.17, 15) is 4.79 Å². The van der Waals surface area contributed by atoms with Gasteiger partial charge in [-0.3, -0.25) is 4.79 Å². The summed E-state index contributed by atoms with van der Waals surface area (Å²) >= 11 is 0. The molecule has 0 aromatic heterocycles. The van der Waals surface area contributed by atoms with Crippen molar-refractivity contribution in [1.82, 2.24) is 5.32 Å². The SMILES string of the molecule is CCCC1CCC(NC(=O)C2CCCC2CN)CC1. The molecule has 2 saturated carbocycles. The van der Waals surface area contributed by atoms with Crippen molar-refractivity contribution in [2.45, 2.75) is 70.8 Å². The lowest BCUT2D eigenvalue weighted by Gasteiger charge is -2.30. The van der Waals surface area contributed by atoms with Crippen LogP contribution in [0.2, 0.25) is 0 Å². The molecule has 2 aliphatic carbocycles. The molecule has 0 bridgehead atoms. The van der Waals surface area contributed by atoms with E-state index >= 15 is 0 Å². The van der Waals surface area contributed by atoms with Crippen molar-refractivity contribution in [2.24, 2.45) is 23.5 Å². The third kappa shape index (κ3) is 3.95. The minimum absolute atomic E-state index is 0.193. The normalized spacial score (nSPS) is 35.3. The maximum Gasteiger partial charge on any atom is 0.223 e. The highest BCUT2D eigenvalue weighted by Gasteiger charge is 2.33. The number of nitrogens with one attached hydrogen (secondary N) is 1. The van der Waals surface area contributed by atoms with E-state index < -0.39 is 0 Å². The quantitative estimate of drug-likeness (QED) is 0.804. The van der Waals surface area contributed by atoms with Gasteiger partial charge in [0.1, 0.15) is 0 Å². The van der Waals surface area contributed by atoms with Gasteiger partial charge in [0.25, 0.3) is 0 Å². The number of hydrogen-bond acceptors (Lipinski definition) is 2. The van der Waals surface area contributed by atoms with Crippen LogP contribution in [0, 0.1) is 17.8 Å². The fourth-order valence-electron chi connectivity index (χ4n) is 3.98. The van der Waals surface area contributed by atoms with Gasteiger partial charge in [-0.2, -0.15) is 0 Å². The van der Waals surface area contributed by atoms with Crippen LogP contribution >= 0.6 is 0 Å². The van der Waals surface area contributed by atoms with Crippen LogP contribution in [0.15, 0.2) is 0 Å². The molecule has 2 fully saturated rings. The first-order valence-corrected chi connectivity index (χ1v) is 8.25. The lowest BCUT2D eigenvalue weighted by molar-refractivity contribution is -0.127. The molecule has 3 heteroatoms. The molecular formula is C16H30N2O. The molecule has 0 aliphatic heterocycles. The number of carbonyl (C=O) groups excluding carboxylic acids is 1. The van der Waals surface area contributed by atoms with Gasteiger partial charge in [0.2, 0.25) is 5.91 Å². The van der Waals surface area contributed by atoms with E-state index in [-0.39, 0.29) is 11.8 Å². The summed E-state index contributed by atoms with van der Waals surface area (Å²) in [5.74, 6) is 1.81. The molecule has 2 unspecified atom stereocenters. The Hall–Kier alpha value is -0.570. The molecule has 0 spiro atoms. The van der Waals surface area contributed by atoms with E-state index in [2.05, 4.69) is 12.2 Å². The molecule has 19 heavy (non-hydrogen) atoms. The summed E-state index contributed by atoms with van der Waals surface area (Å²) in [6.45, 7) is 2.93. The van der Waals surface area contributed by atoms with Crippen LogP contribution in [-0.2, 0) is 4.79 Å². The largest absolute Gasteiger partial charge is 0.353 e. The fraction of sp³-hybridized carbons (Fsp3) is 0.938. The Labute approximate surface area is 117 Å². The van der Waals surface area contributed by atoms with Gasteiger partial charge in [0.05, 0.1) is 0 Å². The molecule has 0 aromatic rings. The van der Waals surface area contributed by atoms with E-state index in [0.29, 0.717) is 18.5 Å². The van der Waals surface area contributed by atoms with Gasteiger partial charge in [0, 0.05) is 12.0 Å². The van der Waals surface area contributed by atoms with Crippen molar-refractivity contribution in [3.05, 3.63) is 0 Å². The second-order valence-corrected chi connectivity index (χ2v) is 6.55. The predicted molar refractivity (Wildman–Crippen MR) is 78.7 cm³/mol. The molecule has 110 valence electrons. The predicted octanol–water partition coefficient (Wildman–Crippen LogP) is 2.84. The highest BCUT2D eigenvalue weighted by molar-refractivity contribution is 5.79. The Bertz CT molecular complexity index is 284. The lowest BCUT2D eigenvalue weighted by Crippen LogP contribution is -2.42. The number of hydrogen-bond donors (Lipinski definition) is 2. The van der Waals surface area contributed by atoms with Gasteiger partial charge in [-0.25, -0.2) is 0 Å². The van der Waals surface area contributed by atoms with Gasteiger partial charge in [-0.15, -0.1) is 0 Å². The zero-order valence-electron chi connectivity index (χ0n) is 12.4. The number of rotatable bonds is 5. The van der Waals surface area contributed by atoms with E-state index in [0.717, 1.165) is 18.8 Å². The Morgan fingerprint density at radius 1 is 1.16 bits per heavy atom. The van der Waals surface area contributed by atoms with Crippen LogP contribution in [0.5, 0.6) is 0 Å². The molecular weight excluding hydrogens is 236 g/mol. The van der Waals surface area contributed by atoms with Crippen LogP contribution in [0.3, 0.4) is 0 Å². The summed E-state index contributed by atoms with van der Waals surface area (Å²) in [5, 5.41) is 3.29. The first-order valence-electron chi connectivity index (χ1n) is 8.25. The molecule has 2 rings (SSSR count). The summed E-state index contributed by atoms with van der Waals surface area (Å²) in [7, 11) is 0. The number of amides is 1. The Morgan fingerprint density at radius 3 is 2.53 bits per heavy atom. The fourth-order valence-corrected chi connectivity index (χ4v) is 3.98. The van der Waals surface area contributed by atoms with Crippen molar-refractivity contribution in [3.8, 4) is 0 Å². The second kappa shape index (κ2) is 7.28. The Balaban J connectivity index is 1.74. The average Bonchev–Trinajstić information content (AvgIpc) is 2.90. The number of nitrogens with two attached hydrogens (primary N) is 1. The third-order valence-electron chi connectivity index (χ3n) is 5.19. The van der Waals surface area contributed by atoms with Gasteiger partial charge >= 0.3 is 0 Å². The maximum absolute atomic E-state index is 12.3. The lowest BCUT2D eigenvalue weighted by atomic mass is 9.83. The van der Waals surface area contributed by atoms with E-state index in [1.807, 2.05) is 0 Å². The Kier molecular flexibility index (Phi) is 5.68. The van der Waals surface area contributed by atoms with E-state index in [4.69, 9.17) is 5.73 Å². The molecule has 0 aromatic carbocycles. The molecule has 2 aliphatic rings. The van der Waals surface area contributed by atoms with E-state index in [1.54, 1.807) is 0 Å². The van der Waals surface area contributed by atoms with Gasteiger partial charge in [0.15, 0.2) is 0 Å². The van der Waals surface area contributed by atoms with Crippen LogP contribution in [0.25, 0.3) is 0 Å². The zero-order valence-corrected chi connectivity index (χ0v) is 12.4.